The van der Waals surface area contributed by atoms with Gasteiger partial charge >= 0.3 is 0 Å². The molecule has 0 radical (unpaired) electrons. The zero-order valence-corrected chi connectivity index (χ0v) is 17.5. The minimum Gasteiger partial charge on any atom is -0.354 e. The number of para-hydroxylation sites is 1. The fourth-order valence-electron chi connectivity index (χ4n) is 3.22. The predicted octanol–water partition coefficient (Wildman–Crippen LogP) is 0.769. The van der Waals surface area contributed by atoms with Gasteiger partial charge in [0.05, 0.1) is 11.9 Å². The molecule has 0 saturated carbocycles. The number of hydrogen-bond donors (Lipinski definition) is 1. The molecule has 1 aliphatic heterocycles. The quantitative estimate of drug-likeness (QED) is 0.624. The topological polar surface area (TPSA) is 73.0 Å². The van der Waals surface area contributed by atoms with E-state index in [4.69, 9.17) is 0 Å². The van der Waals surface area contributed by atoms with Gasteiger partial charge in [0, 0.05) is 32.7 Å². The molecule has 1 fully saturated rings. The van der Waals surface area contributed by atoms with Crippen molar-refractivity contribution in [3.05, 3.63) is 29.8 Å². The summed E-state index contributed by atoms with van der Waals surface area (Å²) in [5.41, 5.74) is 1.49. The number of rotatable bonds is 9. The third-order valence-corrected chi connectivity index (χ3v) is 6.02. The highest BCUT2D eigenvalue weighted by Gasteiger charge is 2.22. The molecule has 1 aromatic carbocycles. The van der Waals surface area contributed by atoms with E-state index in [2.05, 4.69) is 22.2 Å². The number of nitrogens with zero attached hydrogens (tertiary/aromatic N) is 3. The maximum absolute atomic E-state index is 12.3. The van der Waals surface area contributed by atoms with Crippen LogP contribution in [-0.4, -0.2) is 83.2 Å². The Bertz CT molecular complexity index is 715. The van der Waals surface area contributed by atoms with Crippen LogP contribution in [0.25, 0.3) is 0 Å². The lowest BCUT2D eigenvalue weighted by atomic mass is 10.1. The van der Waals surface area contributed by atoms with Crippen molar-refractivity contribution in [1.29, 1.82) is 0 Å². The summed E-state index contributed by atoms with van der Waals surface area (Å²) < 4.78 is 25.7. The van der Waals surface area contributed by atoms with Crippen LogP contribution in [0.2, 0.25) is 0 Å². The average molecular weight is 397 g/mol. The molecule has 1 N–H and O–H groups in total. The smallest absolute Gasteiger partial charge is 0.240 e. The van der Waals surface area contributed by atoms with E-state index in [0.717, 1.165) is 51.0 Å². The zero-order chi connectivity index (χ0) is 19.9. The summed E-state index contributed by atoms with van der Waals surface area (Å²) in [5.74, 6) is -0.273. The van der Waals surface area contributed by atoms with Crippen LogP contribution < -0.4 is 9.62 Å². The molecule has 7 nitrogen and oxygen atoms in total. The van der Waals surface area contributed by atoms with Crippen molar-refractivity contribution in [2.75, 3.05) is 63.4 Å². The molecular formula is C19H32N4O3S. The van der Waals surface area contributed by atoms with E-state index in [0.29, 0.717) is 18.7 Å². The van der Waals surface area contributed by atoms with Crippen LogP contribution in [0.3, 0.4) is 0 Å². The molecule has 1 aliphatic rings. The number of sulfonamides is 1. The van der Waals surface area contributed by atoms with Crippen molar-refractivity contribution in [2.24, 2.45) is 0 Å². The minimum absolute atomic E-state index is 0.190. The van der Waals surface area contributed by atoms with Crippen molar-refractivity contribution in [2.45, 2.75) is 19.8 Å². The monoisotopic (exact) mass is 396 g/mol. The first-order valence-electron chi connectivity index (χ1n) is 9.54. The molecular weight excluding hydrogens is 364 g/mol. The lowest BCUT2D eigenvalue weighted by Gasteiger charge is -2.32. The summed E-state index contributed by atoms with van der Waals surface area (Å²) in [5, 5.41) is 2.86. The molecule has 27 heavy (non-hydrogen) atoms. The Morgan fingerprint density at radius 1 is 1.19 bits per heavy atom. The number of carbonyl (C=O) groups is 1. The maximum Gasteiger partial charge on any atom is 0.240 e. The van der Waals surface area contributed by atoms with Crippen LogP contribution >= 0.6 is 0 Å². The normalized spacial score (nSPS) is 16.3. The molecule has 0 spiro atoms. The molecule has 1 saturated heterocycles. The van der Waals surface area contributed by atoms with E-state index in [1.807, 2.05) is 19.1 Å². The molecule has 2 rings (SSSR count). The summed E-state index contributed by atoms with van der Waals surface area (Å²) >= 11 is 0. The van der Waals surface area contributed by atoms with Crippen LogP contribution in [0.4, 0.5) is 5.69 Å². The molecule has 8 heteroatoms. The van der Waals surface area contributed by atoms with E-state index in [1.165, 1.54) is 4.31 Å². The van der Waals surface area contributed by atoms with Crippen LogP contribution in [0.5, 0.6) is 0 Å². The second kappa shape index (κ2) is 10.1. The maximum atomic E-state index is 12.3. The van der Waals surface area contributed by atoms with Gasteiger partial charge in [0.1, 0.15) is 6.54 Å². The van der Waals surface area contributed by atoms with Gasteiger partial charge in [0.15, 0.2) is 0 Å². The van der Waals surface area contributed by atoms with E-state index < -0.39 is 10.0 Å². The number of likely N-dealkylation sites (N-methyl/N-ethyl adjacent to an activating group) is 1. The van der Waals surface area contributed by atoms with E-state index in [9.17, 15) is 13.2 Å². The largest absolute Gasteiger partial charge is 0.354 e. The Morgan fingerprint density at radius 2 is 1.85 bits per heavy atom. The van der Waals surface area contributed by atoms with E-state index in [-0.39, 0.29) is 12.5 Å². The second-order valence-corrected chi connectivity index (χ2v) is 9.01. The molecule has 0 atom stereocenters. The Hall–Kier alpha value is -1.64. The van der Waals surface area contributed by atoms with Gasteiger partial charge in [-0.3, -0.25) is 9.10 Å². The third kappa shape index (κ3) is 6.79. The van der Waals surface area contributed by atoms with Gasteiger partial charge in [-0.25, -0.2) is 8.42 Å². The van der Waals surface area contributed by atoms with Crippen LogP contribution in [0.15, 0.2) is 24.3 Å². The first-order valence-corrected chi connectivity index (χ1v) is 11.4. The Balaban J connectivity index is 1.86. The number of anilines is 1. The molecule has 1 amide bonds. The molecule has 1 heterocycles. The van der Waals surface area contributed by atoms with Gasteiger partial charge in [-0.1, -0.05) is 25.1 Å². The molecule has 0 aromatic heterocycles. The standard InChI is InChI=1S/C19H32N4O3S/c1-4-17-8-5-6-9-18(17)23(27(3,25)26)16-19(24)20-10-7-11-22-14-12-21(2)13-15-22/h5-6,8-9H,4,7,10-16H2,1-3H3,(H,20,24). The molecule has 0 aliphatic carbocycles. The highest BCUT2D eigenvalue weighted by molar-refractivity contribution is 7.92. The van der Waals surface area contributed by atoms with Gasteiger partial charge in [-0.05, 0) is 38.1 Å². The number of hydrogen-bond acceptors (Lipinski definition) is 5. The van der Waals surface area contributed by atoms with Crippen molar-refractivity contribution < 1.29 is 13.2 Å². The SMILES string of the molecule is CCc1ccccc1N(CC(=O)NCCCN1CCN(C)CC1)S(C)(=O)=O. The lowest BCUT2D eigenvalue weighted by Crippen LogP contribution is -2.45. The first kappa shape index (κ1) is 21.7. The van der Waals surface area contributed by atoms with Gasteiger partial charge in [0.25, 0.3) is 0 Å². The Morgan fingerprint density at radius 3 is 2.48 bits per heavy atom. The Kier molecular flexibility index (Phi) is 8.07. The molecule has 0 unspecified atom stereocenters. The zero-order valence-electron chi connectivity index (χ0n) is 16.6. The van der Waals surface area contributed by atoms with Crippen molar-refractivity contribution in [1.82, 2.24) is 15.1 Å². The van der Waals surface area contributed by atoms with Crippen molar-refractivity contribution >= 4 is 21.6 Å². The van der Waals surface area contributed by atoms with Gasteiger partial charge in [-0.15, -0.1) is 0 Å². The highest BCUT2D eigenvalue weighted by Crippen LogP contribution is 2.23. The second-order valence-electron chi connectivity index (χ2n) is 7.10. The van der Waals surface area contributed by atoms with Crippen molar-refractivity contribution in [3.8, 4) is 0 Å². The van der Waals surface area contributed by atoms with Crippen LogP contribution in [-0.2, 0) is 21.2 Å². The number of benzene rings is 1. The summed E-state index contributed by atoms with van der Waals surface area (Å²) in [6.45, 7) is 7.54. The summed E-state index contributed by atoms with van der Waals surface area (Å²) in [7, 11) is -1.41. The van der Waals surface area contributed by atoms with Gasteiger partial charge in [0.2, 0.25) is 15.9 Å². The summed E-state index contributed by atoms with van der Waals surface area (Å²) in [6, 6.07) is 7.31. The molecule has 152 valence electrons. The number of piperazine rings is 1. The minimum atomic E-state index is -3.54. The van der Waals surface area contributed by atoms with E-state index >= 15 is 0 Å². The van der Waals surface area contributed by atoms with Crippen LogP contribution in [0.1, 0.15) is 18.9 Å². The summed E-state index contributed by atoms with van der Waals surface area (Å²) in [6.07, 6.45) is 2.70. The fourth-order valence-corrected chi connectivity index (χ4v) is 4.11. The first-order chi connectivity index (χ1) is 12.8. The highest BCUT2D eigenvalue weighted by atomic mass is 32.2. The van der Waals surface area contributed by atoms with Gasteiger partial charge < -0.3 is 15.1 Å². The van der Waals surface area contributed by atoms with Crippen molar-refractivity contribution in [3.63, 3.8) is 0 Å². The lowest BCUT2D eigenvalue weighted by molar-refractivity contribution is -0.119. The number of aryl methyl sites for hydroxylation is 1. The van der Waals surface area contributed by atoms with Gasteiger partial charge in [-0.2, -0.15) is 0 Å². The number of carbonyl (C=O) groups excluding carboxylic acids is 1. The fraction of sp³-hybridized carbons (Fsp3) is 0.632. The number of nitrogens with one attached hydrogen (secondary N) is 1. The third-order valence-electron chi connectivity index (χ3n) is 4.90. The van der Waals surface area contributed by atoms with Crippen LogP contribution in [0, 0.1) is 0 Å². The summed E-state index contributed by atoms with van der Waals surface area (Å²) in [4.78, 5) is 17.0. The molecule has 0 bridgehead atoms. The number of amides is 1. The molecule has 1 aromatic rings. The van der Waals surface area contributed by atoms with E-state index in [1.54, 1.807) is 12.1 Å². The predicted molar refractivity (Wildman–Crippen MR) is 110 cm³/mol. The Labute approximate surface area is 163 Å². The average Bonchev–Trinajstić information content (AvgIpc) is 2.64.